The monoisotopic (exact) mass is 297 g/mol. The molecule has 114 valence electrons. The van der Waals surface area contributed by atoms with Crippen molar-refractivity contribution in [2.45, 2.75) is 38.1 Å². The van der Waals surface area contributed by atoms with Crippen LogP contribution in [-0.2, 0) is 0 Å². The molecule has 20 heavy (non-hydrogen) atoms. The number of alkyl halides is 5. The minimum Gasteiger partial charge on any atom is -0.434 e. The van der Waals surface area contributed by atoms with Gasteiger partial charge in [-0.2, -0.15) is 22.0 Å². The van der Waals surface area contributed by atoms with Crippen LogP contribution >= 0.6 is 0 Å². The summed E-state index contributed by atoms with van der Waals surface area (Å²) in [5, 5.41) is 2.83. The zero-order valence-electron chi connectivity index (χ0n) is 10.9. The van der Waals surface area contributed by atoms with Crippen LogP contribution in [-0.4, -0.2) is 19.8 Å². The lowest BCUT2D eigenvalue weighted by molar-refractivity contribution is -0.135. The van der Waals surface area contributed by atoms with E-state index in [1.165, 1.54) is 12.1 Å². The molecule has 1 N–H and O–H groups in total. The van der Waals surface area contributed by atoms with Crippen molar-refractivity contribution >= 4 is 0 Å². The summed E-state index contributed by atoms with van der Waals surface area (Å²) < 4.78 is 65.3. The second kappa shape index (κ2) is 7.42. The smallest absolute Gasteiger partial charge is 0.389 e. The van der Waals surface area contributed by atoms with Crippen LogP contribution in [0.5, 0.6) is 5.75 Å². The molecule has 2 nitrogen and oxygen atoms in total. The molecule has 1 rings (SSSR count). The summed E-state index contributed by atoms with van der Waals surface area (Å²) >= 11 is 0. The fourth-order valence-electron chi connectivity index (χ4n) is 1.93. The first-order chi connectivity index (χ1) is 9.33. The van der Waals surface area contributed by atoms with E-state index >= 15 is 0 Å². The molecule has 0 bridgehead atoms. The Balaban J connectivity index is 2.74. The summed E-state index contributed by atoms with van der Waals surface area (Å²) in [5.74, 6) is -0.0196. The molecule has 0 amide bonds. The Bertz CT molecular complexity index is 408. The second-order valence-corrected chi connectivity index (χ2v) is 4.26. The van der Waals surface area contributed by atoms with Crippen molar-refractivity contribution in [2.24, 2.45) is 0 Å². The van der Waals surface area contributed by atoms with Gasteiger partial charge in [-0.25, -0.2) is 0 Å². The number of benzene rings is 1. The normalized spacial score (nSPS) is 13.6. The van der Waals surface area contributed by atoms with E-state index in [0.717, 1.165) is 0 Å². The standard InChI is InChI=1S/C13H16F5NO/c1-19-10(6-4-8-13(16,17)18)9-5-2-3-7-11(9)20-12(14)15/h2-3,5,7,10,12,19H,4,6,8H2,1H3. The Morgan fingerprint density at radius 2 is 1.85 bits per heavy atom. The van der Waals surface area contributed by atoms with Crippen molar-refractivity contribution in [3.63, 3.8) is 0 Å². The van der Waals surface area contributed by atoms with E-state index in [2.05, 4.69) is 10.1 Å². The molecule has 1 atom stereocenters. The van der Waals surface area contributed by atoms with Gasteiger partial charge in [-0.3, -0.25) is 0 Å². The molecule has 0 saturated carbocycles. The average Bonchev–Trinajstić information content (AvgIpc) is 2.34. The van der Waals surface area contributed by atoms with Gasteiger partial charge < -0.3 is 10.1 Å². The van der Waals surface area contributed by atoms with E-state index in [9.17, 15) is 22.0 Å². The largest absolute Gasteiger partial charge is 0.434 e. The molecule has 1 aromatic rings. The highest BCUT2D eigenvalue weighted by Crippen LogP contribution is 2.31. The molecular formula is C13H16F5NO. The molecule has 0 spiro atoms. The minimum atomic E-state index is -4.21. The van der Waals surface area contributed by atoms with Gasteiger partial charge >= 0.3 is 12.8 Å². The first-order valence-corrected chi connectivity index (χ1v) is 6.11. The van der Waals surface area contributed by atoms with E-state index in [1.54, 1.807) is 19.2 Å². The molecule has 0 heterocycles. The van der Waals surface area contributed by atoms with E-state index in [4.69, 9.17) is 0 Å². The molecule has 0 aliphatic heterocycles. The van der Waals surface area contributed by atoms with Crippen LogP contribution in [0.25, 0.3) is 0 Å². The summed E-state index contributed by atoms with van der Waals surface area (Å²) in [6.07, 6.45) is -5.02. The van der Waals surface area contributed by atoms with E-state index < -0.39 is 25.3 Å². The van der Waals surface area contributed by atoms with Gasteiger partial charge in [0.25, 0.3) is 0 Å². The quantitative estimate of drug-likeness (QED) is 0.758. The molecule has 0 fully saturated rings. The number of ether oxygens (including phenoxy) is 1. The molecule has 0 saturated heterocycles. The van der Waals surface area contributed by atoms with E-state index in [0.29, 0.717) is 5.56 Å². The molecule has 0 aromatic heterocycles. The number of hydrogen-bond donors (Lipinski definition) is 1. The Morgan fingerprint density at radius 1 is 1.20 bits per heavy atom. The number of nitrogens with one attached hydrogen (secondary N) is 1. The molecule has 0 aliphatic carbocycles. The van der Waals surface area contributed by atoms with Crippen LogP contribution in [0.3, 0.4) is 0 Å². The van der Waals surface area contributed by atoms with E-state index in [-0.39, 0.29) is 18.6 Å². The molecule has 0 aliphatic rings. The lowest BCUT2D eigenvalue weighted by Gasteiger charge is -2.20. The van der Waals surface area contributed by atoms with Crippen molar-refractivity contribution < 1.29 is 26.7 Å². The minimum absolute atomic E-state index is 0.0196. The van der Waals surface area contributed by atoms with Crippen LogP contribution in [0, 0.1) is 0 Å². The van der Waals surface area contributed by atoms with Gasteiger partial charge in [0.15, 0.2) is 0 Å². The van der Waals surface area contributed by atoms with Crippen molar-refractivity contribution in [3.8, 4) is 5.75 Å². The van der Waals surface area contributed by atoms with Gasteiger partial charge in [-0.05, 0) is 26.0 Å². The zero-order chi connectivity index (χ0) is 15.2. The highest BCUT2D eigenvalue weighted by Gasteiger charge is 2.27. The topological polar surface area (TPSA) is 21.3 Å². The predicted molar refractivity (Wildman–Crippen MR) is 64.8 cm³/mol. The number of halogens is 5. The van der Waals surface area contributed by atoms with Crippen LogP contribution in [0.15, 0.2) is 24.3 Å². The Kier molecular flexibility index (Phi) is 6.19. The predicted octanol–water partition coefficient (Wildman–Crippen LogP) is 4.28. The summed E-state index contributed by atoms with van der Waals surface area (Å²) in [7, 11) is 1.57. The van der Waals surface area contributed by atoms with Crippen molar-refractivity contribution in [2.75, 3.05) is 7.05 Å². The molecule has 1 aromatic carbocycles. The molecule has 1 unspecified atom stereocenters. The van der Waals surface area contributed by atoms with Crippen LogP contribution < -0.4 is 10.1 Å². The highest BCUT2D eigenvalue weighted by molar-refractivity contribution is 5.35. The van der Waals surface area contributed by atoms with Gasteiger partial charge in [0.2, 0.25) is 0 Å². The first kappa shape index (κ1) is 16.7. The summed E-state index contributed by atoms with van der Waals surface area (Å²) in [5.41, 5.74) is 0.428. The van der Waals surface area contributed by atoms with Crippen molar-refractivity contribution in [1.82, 2.24) is 5.32 Å². The SMILES string of the molecule is CNC(CCCC(F)(F)F)c1ccccc1OC(F)F. The Hall–Kier alpha value is -1.37. The first-order valence-electron chi connectivity index (χ1n) is 6.11. The highest BCUT2D eigenvalue weighted by atomic mass is 19.4. The van der Waals surface area contributed by atoms with E-state index in [1.807, 2.05) is 0 Å². The molecular weight excluding hydrogens is 281 g/mol. The summed E-state index contributed by atoms with van der Waals surface area (Å²) in [6.45, 7) is -2.97. The third kappa shape index (κ3) is 5.73. The average molecular weight is 297 g/mol. The summed E-state index contributed by atoms with van der Waals surface area (Å²) in [4.78, 5) is 0. The lowest BCUT2D eigenvalue weighted by atomic mass is 10.00. The lowest BCUT2D eigenvalue weighted by Crippen LogP contribution is -2.19. The maximum Gasteiger partial charge on any atom is 0.389 e. The summed E-state index contributed by atoms with van der Waals surface area (Å²) in [6, 6.07) is 5.63. The third-order valence-electron chi connectivity index (χ3n) is 2.81. The Labute approximate surface area is 113 Å². The Morgan fingerprint density at radius 3 is 2.40 bits per heavy atom. The zero-order valence-corrected chi connectivity index (χ0v) is 10.9. The van der Waals surface area contributed by atoms with Crippen LogP contribution in [0.4, 0.5) is 22.0 Å². The maximum absolute atomic E-state index is 12.3. The molecule has 0 radical (unpaired) electrons. The number of hydrogen-bond acceptors (Lipinski definition) is 2. The third-order valence-corrected chi connectivity index (χ3v) is 2.81. The van der Waals surface area contributed by atoms with Gasteiger partial charge in [0, 0.05) is 18.0 Å². The van der Waals surface area contributed by atoms with Crippen molar-refractivity contribution in [3.05, 3.63) is 29.8 Å². The number of para-hydroxylation sites is 1. The van der Waals surface area contributed by atoms with Crippen LogP contribution in [0.1, 0.15) is 30.9 Å². The van der Waals surface area contributed by atoms with Gasteiger partial charge in [-0.15, -0.1) is 0 Å². The number of rotatable bonds is 7. The fourth-order valence-corrected chi connectivity index (χ4v) is 1.93. The van der Waals surface area contributed by atoms with Gasteiger partial charge in [0.1, 0.15) is 5.75 Å². The second-order valence-electron chi connectivity index (χ2n) is 4.26. The molecule has 7 heteroatoms. The van der Waals surface area contributed by atoms with Crippen LogP contribution in [0.2, 0.25) is 0 Å². The van der Waals surface area contributed by atoms with Crippen molar-refractivity contribution in [1.29, 1.82) is 0 Å². The maximum atomic E-state index is 12.3. The van der Waals surface area contributed by atoms with Gasteiger partial charge in [0.05, 0.1) is 0 Å². The van der Waals surface area contributed by atoms with Gasteiger partial charge in [-0.1, -0.05) is 18.2 Å². The fraction of sp³-hybridized carbons (Fsp3) is 0.538.